The van der Waals surface area contributed by atoms with E-state index in [-0.39, 0.29) is 0 Å². The number of hydrogen-bond acceptors (Lipinski definition) is 6. The molecular formula is C23H27N5O. The van der Waals surface area contributed by atoms with Gasteiger partial charge in [-0.25, -0.2) is 15.0 Å². The minimum absolute atomic E-state index is 0.752. The molecule has 0 bridgehead atoms. The van der Waals surface area contributed by atoms with E-state index in [0.717, 1.165) is 68.5 Å². The monoisotopic (exact) mass is 389 g/mol. The number of oxazole rings is 1. The van der Waals surface area contributed by atoms with Crippen LogP contribution in [-0.2, 0) is 19.4 Å². The zero-order valence-electron chi connectivity index (χ0n) is 17.0. The first kappa shape index (κ1) is 18.3. The van der Waals surface area contributed by atoms with Crippen LogP contribution in [0.3, 0.4) is 0 Å². The predicted molar refractivity (Wildman–Crippen MR) is 113 cm³/mol. The van der Waals surface area contributed by atoms with Crippen molar-refractivity contribution in [1.29, 1.82) is 0 Å². The van der Waals surface area contributed by atoms with E-state index in [1.165, 1.54) is 29.9 Å². The van der Waals surface area contributed by atoms with Gasteiger partial charge in [-0.3, -0.25) is 4.90 Å². The van der Waals surface area contributed by atoms with Crippen LogP contribution in [-0.4, -0.2) is 46.0 Å². The van der Waals surface area contributed by atoms with Crippen LogP contribution in [0.15, 0.2) is 41.0 Å². The van der Waals surface area contributed by atoms with Crippen LogP contribution in [0, 0.1) is 6.92 Å². The van der Waals surface area contributed by atoms with Crippen molar-refractivity contribution in [3.05, 3.63) is 59.6 Å². The summed E-state index contributed by atoms with van der Waals surface area (Å²) in [5, 5.41) is 0. The zero-order chi connectivity index (χ0) is 19.6. The summed E-state index contributed by atoms with van der Waals surface area (Å²) in [6.07, 6.45) is 6.47. The van der Waals surface area contributed by atoms with E-state index in [0.29, 0.717) is 0 Å². The van der Waals surface area contributed by atoms with Gasteiger partial charge in [0.05, 0.1) is 6.54 Å². The van der Waals surface area contributed by atoms with Crippen LogP contribution < -0.4 is 4.90 Å². The van der Waals surface area contributed by atoms with E-state index in [4.69, 9.17) is 14.4 Å². The first-order valence-electron chi connectivity index (χ1n) is 10.6. The molecule has 2 aliphatic rings. The van der Waals surface area contributed by atoms with E-state index >= 15 is 0 Å². The number of nitrogens with zero attached hydrogens (tertiary/aromatic N) is 5. The Hall–Kier alpha value is -2.73. The molecule has 3 aromatic rings. The van der Waals surface area contributed by atoms with E-state index in [1.54, 1.807) is 6.26 Å². The van der Waals surface area contributed by atoms with Crippen molar-refractivity contribution in [2.24, 2.45) is 0 Å². The fraction of sp³-hybridized carbons (Fsp3) is 0.435. The molecule has 1 aromatic carbocycles. The molecule has 0 spiro atoms. The van der Waals surface area contributed by atoms with Crippen LogP contribution >= 0.6 is 0 Å². The van der Waals surface area contributed by atoms with E-state index in [9.17, 15) is 0 Å². The van der Waals surface area contributed by atoms with Gasteiger partial charge >= 0.3 is 0 Å². The maximum absolute atomic E-state index is 5.74. The van der Waals surface area contributed by atoms with Crippen LogP contribution in [0.1, 0.15) is 35.8 Å². The molecule has 5 rings (SSSR count). The molecule has 0 radical (unpaired) electrons. The molecule has 150 valence electrons. The number of piperazine rings is 1. The van der Waals surface area contributed by atoms with E-state index in [2.05, 4.69) is 26.9 Å². The van der Waals surface area contributed by atoms with Crippen molar-refractivity contribution in [2.75, 3.05) is 31.1 Å². The van der Waals surface area contributed by atoms with Gasteiger partial charge in [0.2, 0.25) is 5.89 Å². The van der Waals surface area contributed by atoms with Crippen LogP contribution in [0.2, 0.25) is 0 Å². The van der Waals surface area contributed by atoms with Gasteiger partial charge in [0.25, 0.3) is 0 Å². The third-order valence-electron chi connectivity index (χ3n) is 5.93. The van der Waals surface area contributed by atoms with Gasteiger partial charge in [-0.2, -0.15) is 0 Å². The van der Waals surface area contributed by atoms with Gasteiger partial charge in [0.15, 0.2) is 0 Å². The smallest absolute Gasteiger partial charge is 0.208 e. The average Bonchev–Trinajstić information content (AvgIpc) is 3.23. The van der Waals surface area contributed by atoms with E-state index in [1.807, 2.05) is 25.1 Å². The highest BCUT2D eigenvalue weighted by Gasteiger charge is 2.25. The van der Waals surface area contributed by atoms with Gasteiger partial charge in [-0.1, -0.05) is 30.3 Å². The summed E-state index contributed by atoms with van der Waals surface area (Å²) in [6, 6.07) is 10.2. The van der Waals surface area contributed by atoms with Crippen molar-refractivity contribution in [2.45, 2.75) is 39.2 Å². The number of anilines is 1. The highest BCUT2D eigenvalue weighted by atomic mass is 16.3. The minimum Gasteiger partial charge on any atom is -0.447 e. The van der Waals surface area contributed by atoms with Crippen molar-refractivity contribution < 1.29 is 4.42 Å². The van der Waals surface area contributed by atoms with Gasteiger partial charge in [-0.05, 0) is 32.6 Å². The van der Waals surface area contributed by atoms with Crippen molar-refractivity contribution in [3.8, 4) is 11.3 Å². The highest BCUT2D eigenvalue weighted by Crippen LogP contribution is 2.29. The molecule has 1 aliphatic carbocycles. The number of aromatic nitrogens is 3. The molecule has 1 aliphatic heterocycles. The maximum atomic E-state index is 5.74. The molecule has 1 fully saturated rings. The second kappa shape index (κ2) is 7.95. The Morgan fingerprint density at radius 3 is 2.55 bits per heavy atom. The summed E-state index contributed by atoms with van der Waals surface area (Å²) in [7, 11) is 0. The molecule has 0 atom stereocenters. The van der Waals surface area contributed by atoms with Crippen molar-refractivity contribution in [3.63, 3.8) is 0 Å². The Morgan fingerprint density at radius 2 is 1.72 bits per heavy atom. The maximum Gasteiger partial charge on any atom is 0.208 e. The predicted octanol–water partition coefficient (Wildman–Crippen LogP) is 3.64. The fourth-order valence-electron chi connectivity index (χ4n) is 4.39. The summed E-state index contributed by atoms with van der Waals surface area (Å²) in [6.45, 7) is 6.70. The lowest BCUT2D eigenvalue weighted by atomic mass is 9.96. The second-order valence-electron chi connectivity index (χ2n) is 7.98. The molecule has 0 N–H and O–H groups in total. The molecule has 0 unspecified atom stereocenters. The lowest BCUT2D eigenvalue weighted by molar-refractivity contribution is 0.225. The van der Waals surface area contributed by atoms with E-state index < -0.39 is 0 Å². The summed E-state index contributed by atoms with van der Waals surface area (Å²) < 4.78 is 5.74. The number of benzene rings is 1. The highest BCUT2D eigenvalue weighted by molar-refractivity contribution is 5.57. The number of aryl methyl sites for hydroxylation is 2. The van der Waals surface area contributed by atoms with Gasteiger partial charge in [0, 0.05) is 43.0 Å². The largest absolute Gasteiger partial charge is 0.447 e. The van der Waals surface area contributed by atoms with Crippen LogP contribution in [0.25, 0.3) is 11.3 Å². The second-order valence-corrected chi connectivity index (χ2v) is 7.98. The molecule has 0 amide bonds. The Bertz CT molecular complexity index is 976. The molecule has 0 saturated carbocycles. The zero-order valence-corrected chi connectivity index (χ0v) is 17.0. The first-order valence-corrected chi connectivity index (χ1v) is 10.6. The van der Waals surface area contributed by atoms with Crippen molar-refractivity contribution >= 4 is 5.82 Å². The Morgan fingerprint density at radius 1 is 0.931 bits per heavy atom. The average molecular weight is 390 g/mol. The molecule has 6 nitrogen and oxygen atoms in total. The quantitative estimate of drug-likeness (QED) is 0.679. The van der Waals surface area contributed by atoms with Crippen molar-refractivity contribution in [1.82, 2.24) is 19.9 Å². The summed E-state index contributed by atoms with van der Waals surface area (Å²) in [5.74, 6) is 2.86. The normalized spacial score (nSPS) is 17.3. The number of rotatable bonds is 4. The van der Waals surface area contributed by atoms with Gasteiger partial charge < -0.3 is 9.32 Å². The minimum atomic E-state index is 0.752. The molecule has 6 heteroatoms. The summed E-state index contributed by atoms with van der Waals surface area (Å²) >= 11 is 0. The van der Waals surface area contributed by atoms with Gasteiger partial charge in [0.1, 0.15) is 23.6 Å². The molecule has 2 aromatic heterocycles. The summed E-state index contributed by atoms with van der Waals surface area (Å²) in [4.78, 5) is 19.1. The standard InChI is InChI=1S/C23H27N5O/c1-17-24-20-10-6-5-9-19(20)23(25-17)28-13-11-27(12-14-28)15-22-26-21(16-29-22)18-7-3-2-4-8-18/h2-4,7-8,16H,5-6,9-15H2,1H3. The molecular weight excluding hydrogens is 362 g/mol. The third-order valence-corrected chi connectivity index (χ3v) is 5.93. The van der Waals surface area contributed by atoms with Gasteiger partial charge in [-0.15, -0.1) is 0 Å². The fourth-order valence-corrected chi connectivity index (χ4v) is 4.39. The summed E-state index contributed by atoms with van der Waals surface area (Å²) in [5.41, 5.74) is 4.66. The molecule has 3 heterocycles. The Labute approximate surface area is 171 Å². The first-order chi connectivity index (χ1) is 14.3. The third kappa shape index (κ3) is 3.90. The SMILES string of the molecule is Cc1nc2c(c(N3CCN(Cc4nc(-c5ccccc5)co4)CC3)n1)CCCC2. The number of hydrogen-bond donors (Lipinski definition) is 0. The topological polar surface area (TPSA) is 58.3 Å². The van der Waals surface area contributed by atoms with Crippen LogP contribution in [0.5, 0.6) is 0 Å². The Balaban J connectivity index is 1.24. The Kier molecular flexibility index (Phi) is 5.02. The lowest BCUT2D eigenvalue weighted by Gasteiger charge is -2.36. The van der Waals surface area contributed by atoms with Crippen LogP contribution in [0.4, 0.5) is 5.82 Å². The lowest BCUT2D eigenvalue weighted by Crippen LogP contribution is -2.46. The molecule has 1 saturated heterocycles. The molecule has 29 heavy (non-hydrogen) atoms. The number of fused-ring (bicyclic) bond motifs is 1.